The number of carboxylic acids is 1. The molecule has 0 fully saturated rings. The summed E-state index contributed by atoms with van der Waals surface area (Å²) in [6, 6.07) is 25.4. The molecule has 40 heavy (non-hydrogen) atoms. The fourth-order valence-corrected chi connectivity index (χ4v) is 5.58. The zero-order chi connectivity index (χ0) is 27.8. The standard InChI is InChI=1S/C32H26ClNO5S/c1-19-3-7-21(8-4-19)30-25-14-23(37-17-20-5-10-24(40-2)11-6-20)9-12-27(25)34(31(30)32(35)36)16-22-13-28-29(15-26(22)33)39-18-38-28/h3-15H,16-18H2,1-2H3,(H,35,36). The minimum Gasteiger partial charge on any atom is -0.489 e. The van der Waals surface area contributed by atoms with E-state index in [1.165, 1.54) is 4.90 Å². The third-order valence-corrected chi connectivity index (χ3v) is 8.11. The van der Waals surface area contributed by atoms with Crippen LogP contribution in [0.4, 0.5) is 0 Å². The highest BCUT2D eigenvalue weighted by molar-refractivity contribution is 7.98. The van der Waals surface area contributed by atoms with Gasteiger partial charge in [0, 0.05) is 32.5 Å². The number of hydrogen-bond donors (Lipinski definition) is 1. The monoisotopic (exact) mass is 571 g/mol. The molecule has 6 nitrogen and oxygen atoms in total. The number of carbonyl (C=O) groups is 1. The van der Waals surface area contributed by atoms with Gasteiger partial charge >= 0.3 is 5.97 Å². The lowest BCUT2D eigenvalue weighted by atomic mass is 10.0. The van der Waals surface area contributed by atoms with Gasteiger partial charge in [-0.05, 0) is 66.3 Å². The fraction of sp³-hybridized carbons (Fsp3) is 0.156. The second kappa shape index (κ2) is 10.8. The van der Waals surface area contributed by atoms with Crippen LogP contribution in [-0.2, 0) is 13.2 Å². The molecule has 0 bridgehead atoms. The van der Waals surface area contributed by atoms with E-state index in [-0.39, 0.29) is 19.0 Å². The first-order valence-corrected chi connectivity index (χ1v) is 14.3. The Morgan fingerprint density at radius 2 is 1.73 bits per heavy atom. The number of benzene rings is 4. The SMILES string of the molecule is CSc1ccc(COc2ccc3c(c2)c(-c2ccc(C)cc2)c(C(=O)O)n3Cc2cc3c(cc2Cl)OCO3)cc1. The van der Waals surface area contributed by atoms with Crippen LogP contribution < -0.4 is 14.2 Å². The van der Waals surface area contributed by atoms with Crippen LogP contribution in [0.25, 0.3) is 22.0 Å². The number of aryl methyl sites for hydroxylation is 1. The molecule has 1 N–H and O–H groups in total. The molecule has 202 valence electrons. The van der Waals surface area contributed by atoms with Gasteiger partial charge in [-0.3, -0.25) is 0 Å². The number of hydrogen-bond acceptors (Lipinski definition) is 5. The molecule has 0 spiro atoms. The Bertz CT molecular complexity index is 1730. The number of aromatic nitrogens is 1. The van der Waals surface area contributed by atoms with Gasteiger partial charge in [0.1, 0.15) is 18.1 Å². The molecular weight excluding hydrogens is 546 g/mol. The van der Waals surface area contributed by atoms with E-state index in [0.717, 1.165) is 33.2 Å². The summed E-state index contributed by atoms with van der Waals surface area (Å²) in [7, 11) is 0. The van der Waals surface area contributed by atoms with Gasteiger partial charge in [-0.25, -0.2) is 4.79 Å². The van der Waals surface area contributed by atoms with E-state index in [1.54, 1.807) is 22.4 Å². The lowest BCUT2D eigenvalue weighted by Crippen LogP contribution is -2.11. The lowest BCUT2D eigenvalue weighted by Gasteiger charge is -2.12. The first-order chi connectivity index (χ1) is 19.4. The normalized spacial score (nSPS) is 12.2. The van der Waals surface area contributed by atoms with Gasteiger partial charge in [-0.1, -0.05) is 53.6 Å². The zero-order valence-electron chi connectivity index (χ0n) is 21.9. The maximum atomic E-state index is 12.8. The molecule has 0 amide bonds. The molecule has 0 unspecified atom stereocenters. The van der Waals surface area contributed by atoms with Crippen LogP contribution in [0.15, 0.2) is 83.8 Å². The summed E-state index contributed by atoms with van der Waals surface area (Å²) in [6.07, 6.45) is 2.05. The van der Waals surface area contributed by atoms with Gasteiger partial charge in [0.2, 0.25) is 6.79 Å². The van der Waals surface area contributed by atoms with Crippen molar-refractivity contribution in [3.8, 4) is 28.4 Å². The molecule has 1 aromatic heterocycles. The number of fused-ring (bicyclic) bond motifs is 2. The Kier molecular flexibility index (Phi) is 7.09. The van der Waals surface area contributed by atoms with E-state index in [1.807, 2.05) is 61.7 Å². The molecule has 1 aliphatic heterocycles. The fourth-order valence-electron chi connectivity index (χ4n) is 4.96. The minimum atomic E-state index is -1.03. The second-order valence-electron chi connectivity index (χ2n) is 9.59. The van der Waals surface area contributed by atoms with Crippen molar-refractivity contribution in [3.05, 3.63) is 106 Å². The molecule has 0 radical (unpaired) electrons. The van der Waals surface area contributed by atoms with Crippen LogP contribution in [0.1, 0.15) is 27.2 Å². The van der Waals surface area contributed by atoms with Crippen LogP contribution in [0.2, 0.25) is 5.02 Å². The lowest BCUT2D eigenvalue weighted by molar-refractivity contribution is 0.0687. The average molecular weight is 572 g/mol. The summed E-state index contributed by atoms with van der Waals surface area (Å²) in [6.45, 7) is 2.77. The van der Waals surface area contributed by atoms with E-state index in [2.05, 4.69) is 24.3 Å². The smallest absolute Gasteiger partial charge is 0.353 e. The van der Waals surface area contributed by atoms with Crippen molar-refractivity contribution >= 4 is 40.2 Å². The van der Waals surface area contributed by atoms with Crippen LogP contribution in [-0.4, -0.2) is 28.7 Å². The molecule has 8 heteroatoms. The van der Waals surface area contributed by atoms with Gasteiger partial charge in [0.15, 0.2) is 11.5 Å². The zero-order valence-corrected chi connectivity index (χ0v) is 23.5. The number of thioether (sulfide) groups is 1. The summed E-state index contributed by atoms with van der Waals surface area (Å²) in [5.41, 5.74) is 5.26. The molecule has 0 atom stereocenters. The third-order valence-electron chi connectivity index (χ3n) is 7.01. The first kappa shape index (κ1) is 26.2. The molecule has 4 aromatic carbocycles. The van der Waals surface area contributed by atoms with Crippen LogP contribution in [0.3, 0.4) is 0 Å². The maximum Gasteiger partial charge on any atom is 0.353 e. The van der Waals surface area contributed by atoms with Crippen molar-refractivity contribution in [2.24, 2.45) is 0 Å². The van der Waals surface area contributed by atoms with Crippen LogP contribution >= 0.6 is 23.4 Å². The molecule has 0 saturated heterocycles. The van der Waals surface area contributed by atoms with Gasteiger partial charge in [0.05, 0.1) is 6.54 Å². The van der Waals surface area contributed by atoms with Crippen molar-refractivity contribution in [2.75, 3.05) is 13.0 Å². The van der Waals surface area contributed by atoms with E-state index >= 15 is 0 Å². The largest absolute Gasteiger partial charge is 0.489 e. The van der Waals surface area contributed by atoms with Crippen molar-refractivity contribution < 1.29 is 24.1 Å². The van der Waals surface area contributed by atoms with Gasteiger partial charge in [-0.2, -0.15) is 0 Å². The van der Waals surface area contributed by atoms with Gasteiger partial charge in [0.25, 0.3) is 0 Å². The molecule has 0 saturated carbocycles. The molecule has 0 aliphatic carbocycles. The highest BCUT2D eigenvalue weighted by Gasteiger charge is 2.26. The second-order valence-corrected chi connectivity index (χ2v) is 10.9. The Morgan fingerprint density at radius 3 is 2.42 bits per heavy atom. The molecule has 1 aliphatic rings. The quantitative estimate of drug-likeness (QED) is 0.190. The summed E-state index contributed by atoms with van der Waals surface area (Å²) in [5.74, 6) is 0.799. The molecular formula is C32H26ClNO5S. The Balaban J connectivity index is 1.46. The number of nitrogens with zero attached hydrogens (tertiary/aromatic N) is 1. The topological polar surface area (TPSA) is 69.9 Å². The summed E-state index contributed by atoms with van der Waals surface area (Å²) in [5, 5.41) is 11.8. The summed E-state index contributed by atoms with van der Waals surface area (Å²) < 4.78 is 19.0. The van der Waals surface area contributed by atoms with Crippen molar-refractivity contribution in [2.45, 2.75) is 25.0 Å². The molecule has 5 aromatic rings. The van der Waals surface area contributed by atoms with Crippen molar-refractivity contribution in [1.82, 2.24) is 4.57 Å². The highest BCUT2D eigenvalue weighted by atomic mass is 35.5. The minimum absolute atomic E-state index is 0.129. The Hall–Kier alpha value is -4.07. The number of rotatable bonds is 8. The van der Waals surface area contributed by atoms with E-state index < -0.39 is 5.97 Å². The van der Waals surface area contributed by atoms with E-state index in [9.17, 15) is 9.90 Å². The van der Waals surface area contributed by atoms with Gasteiger partial charge in [-0.15, -0.1) is 11.8 Å². The van der Waals surface area contributed by atoms with E-state index in [0.29, 0.717) is 34.4 Å². The van der Waals surface area contributed by atoms with Gasteiger partial charge < -0.3 is 23.9 Å². The highest BCUT2D eigenvalue weighted by Crippen LogP contribution is 2.41. The Morgan fingerprint density at radius 1 is 1.00 bits per heavy atom. The van der Waals surface area contributed by atoms with Crippen molar-refractivity contribution in [3.63, 3.8) is 0 Å². The maximum absolute atomic E-state index is 12.8. The van der Waals surface area contributed by atoms with E-state index in [4.69, 9.17) is 25.8 Å². The average Bonchev–Trinajstić information content (AvgIpc) is 3.54. The molecule has 2 heterocycles. The number of aromatic carboxylic acids is 1. The van der Waals surface area contributed by atoms with Crippen LogP contribution in [0, 0.1) is 6.92 Å². The predicted molar refractivity (Wildman–Crippen MR) is 158 cm³/mol. The number of halogens is 1. The Labute approximate surface area is 241 Å². The van der Waals surface area contributed by atoms with Crippen LogP contribution in [0.5, 0.6) is 17.2 Å². The first-order valence-electron chi connectivity index (χ1n) is 12.7. The third kappa shape index (κ3) is 4.98. The molecule has 6 rings (SSSR count). The number of carboxylic acid groups (broad SMARTS) is 1. The number of ether oxygens (including phenoxy) is 3. The predicted octanol–water partition coefficient (Wildman–Crippen LogP) is 8.05. The summed E-state index contributed by atoms with van der Waals surface area (Å²) >= 11 is 8.30. The summed E-state index contributed by atoms with van der Waals surface area (Å²) in [4.78, 5) is 14.0. The van der Waals surface area contributed by atoms with Crippen molar-refractivity contribution in [1.29, 1.82) is 0 Å².